The number of carbonyl (C=O) groups excluding carboxylic acids is 1. The Morgan fingerprint density at radius 1 is 1.36 bits per heavy atom. The molecule has 1 amide bonds. The van der Waals surface area contributed by atoms with E-state index in [1.54, 1.807) is 0 Å². The Morgan fingerprint density at radius 2 is 2.12 bits per heavy atom. The quantitative estimate of drug-likeness (QED) is 0.714. The van der Waals surface area contributed by atoms with E-state index in [0.717, 1.165) is 30.6 Å². The molecule has 1 unspecified atom stereocenters. The molecular formula is C19H27NO5. The van der Waals surface area contributed by atoms with Gasteiger partial charge >= 0.3 is 5.97 Å². The van der Waals surface area contributed by atoms with Crippen molar-refractivity contribution in [2.75, 3.05) is 26.4 Å². The van der Waals surface area contributed by atoms with Gasteiger partial charge in [0, 0.05) is 19.8 Å². The number of ether oxygens (including phenoxy) is 2. The Labute approximate surface area is 148 Å². The molecule has 1 fully saturated rings. The van der Waals surface area contributed by atoms with Crippen molar-refractivity contribution in [3.63, 3.8) is 0 Å². The molecule has 0 spiro atoms. The molecule has 6 heteroatoms. The normalized spacial score (nSPS) is 16.2. The molecule has 0 aromatic heterocycles. The fraction of sp³-hybridized carbons (Fsp3) is 0.579. The summed E-state index contributed by atoms with van der Waals surface area (Å²) in [5, 5.41) is 12.2. The summed E-state index contributed by atoms with van der Waals surface area (Å²) in [6, 6.07) is 7.44. The number of carboxylic acids is 1. The Hall–Kier alpha value is -2.08. The van der Waals surface area contributed by atoms with Gasteiger partial charge in [-0.1, -0.05) is 19.1 Å². The van der Waals surface area contributed by atoms with Crippen molar-refractivity contribution in [1.29, 1.82) is 0 Å². The number of rotatable bonds is 9. The van der Waals surface area contributed by atoms with Gasteiger partial charge in [-0.3, -0.25) is 9.59 Å². The van der Waals surface area contributed by atoms with Crippen molar-refractivity contribution in [2.45, 2.75) is 32.6 Å². The van der Waals surface area contributed by atoms with Crippen molar-refractivity contribution in [3.8, 4) is 5.75 Å². The van der Waals surface area contributed by atoms with E-state index in [-0.39, 0.29) is 24.8 Å². The van der Waals surface area contributed by atoms with Gasteiger partial charge in [-0.15, -0.1) is 0 Å². The maximum atomic E-state index is 12.2. The van der Waals surface area contributed by atoms with Crippen LogP contribution in [0, 0.1) is 11.8 Å². The lowest BCUT2D eigenvalue weighted by Gasteiger charge is -2.27. The number of benzene rings is 1. The molecule has 0 bridgehead atoms. The summed E-state index contributed by atoms with van der Waals surface area (Å²) in [6.07, 6.45) is 2.59. The lowest BCUT2D eigenvalue weighted by atomic mass is 9.86. The Balaban J connectivity index is 1.85. The summed E-state index contributed by atoms with van der Waals surface area (Å²) >= 11 is 0. The van der Waals surface area contributed by atoms with Gasteiger partial charge in [-0.05, 0) is 42.9 Å². The molecule has 25 heavy (non-hydrogen) atoms. The summed E-state index contributed by atoms with van der Waals surface area (Å²) in [4.78, 5) is 23.7. The van der Waals surface area contributed by atoms with Crippen LogP contribution in [0.1, 0.15) is 31.7 Å². The predicted molar refractivity (Wildman–Crippen MR) is 93.6 cm³/mol. The molecule has 1 aliphatic heterocycles. The number of carboxylic acid groups (broad SMARTS) is 1. The molecule has 2 rings (SSSR count). The van der Waals surface area contributed by atoms with Crippen LogP contribution in [-0.2, 0) is 20.7 Å². The molecule has 2 N–H and O–H groups in total. The van der Waals surface area contributed by atoms with Gasteiger partial charge in [-0.2, -0.15) is 0 Å². The molecule has 1 aromatic rings. The highest BCUT2D eigenvalue weighted by Gasteiger charge is 2.29. The van der Waals surface area contributed by atoms with Crippen LogP contribution in [0.4, 0.5) is 0 Å². The van der Waals surface area contributed by atoms with Gasteiger partial charge in [0.1, 0.15) is 5.75 Å². The highest BCUT2D eigenvalue weighted by molar-refractivity contribution is 5.79. The minimum absolute atomic E-state index is 0.0531. The van der Waals surface area contributed by atoms with E-state index >= 15 is 0 Å². The number of hydrogen-bond donors (Lipinski definition) is 2. The van der Waals surface area contributed by atoms with E-state index in [1.807, 2.05) is 31.2 Å². The molecular weight excluding hydrogens is 322 g/mol. The second-order valence-corrected chi connectivity index (χ2v) is 6.37. The first-order valence-electron chi connectivity index (χ1n) is 8.89. The number of aliphatic carboxylic acids is 1. The summed E-state index contributed by atoms with van der Waals surface area (Å²) in [6.45, 7) is 4.01. The van der Waals surface area contributed by atoms with Crippen molar-refractivity contribution >= 4 is 11.9 Å². The number of nitrogens with one attached hydrogen (secondary N) is 1. The molecule has 6 nitrogen and oxygen atoms in total. The molecule has 0 aliphatic carbocycles. The minimum atomic E-state index is -0.859. The molecule has 1 saturated heterocycles. The summed E-state index contributed by atoms with van der Waals surface area (Å²) in [7, 11) is 0. The molecule has 1 aromatic carbocycles. The average Bonchev–Trinajstić information content (AvgIpc) is 2.61. The Bertz CT molecular complexity index is 569. The molecule has 0 saturated carbocycles. The lowest BCUT2D eigenvalue weighted by molar-refractivity contribution is -0.144. The standard InChI is InChI=1S/C19H27NO5/c1-2-8-25-16-5-3-4-14(11-16)12-18(21)20-13-17(19(22)23)15-6-9-24-10-7-15/h3-5,11,15,17H,2,6-10,12-13H2,1H3,(H,20,21)(H,22,23). The average molecular weight is 349 g/mol. The van der Waals surface area contributed by atoms with Crippen molar-refractivity contribution in [2.24, 2.45) is 11.8 Å². The van der Waals surface area contributed by atoms with Crippen LogP contribution in [0.25, 0.3) is 0 Å². The van der Waals surface area contributed by atoms with Gasteiger partial charge in [-0.25, -0.2) is 0 Å². The van der Waals surface area contributed by atoms with Gasteiger partial charge in [0.2, 0.25) is 5.91 Å². The zero-order valence-electron chi connectivity index (χ0n) is 14.7. The molecule has 0 radical (unpaired) electrons. The smallest absolute Gasteiger partial charge is 0.308 e. The maximum absolute atomic E-state index is 12.2. The first-order chi connectivity index (χ1) is 12.1. The molecule has 1 atom stereocenters. The van der Waals surface area contributed by atoms with E-state index in [2.05, 4.69) is 5.32 Å². The van der Waals surface area contributed by atoms with Gasteiger partial charge < -0.3 is 19.9 Å². The summed E-state index contributed by atoms with van der Waals surface area (Å²) < 4.78 is 10.8. The second kappa shape index (κ2) is 10.0. The SMILES string of the molecule is CCCOc1cccc(CC(=O)NCC(C(=O)O)C2CCOCC2)c1. The number of carbonyl (C=O) groups is 2. The van der Waals surface area contributed by atoms with Crippen molar-refractivity contribution in [3.05, 3.63) is 29.8 Å². The maximum Gasteiger partial charge on any atom is 0.308 e. The first-order valence-corrected chi connectivity index (χ1v) is 8.89. The van der Waals surface area contributed by atoms with E-state index < -0.39 is 11.9 Å². The van der Waals surface area contributed by atoms with Crippen molar-refractivity contribution < 1.29 is 24.2 Å². The Kier molecular flexibility index (Phi) is 7.73. The van der Waals surface area contributed by atoms with Crippen LogP contribution in [0.2, 0.25) is 0 Å². The third-order valence-electron chi connectivity index (χ3n) is 4.41. The van der Waals surface area contributed by atoms with Gasteiger partial charge in [0.05, 0.1) is 18.9 Å². The second-order valence-electron chi connectivity index (χ2n) is 6.37. The first kappa shape index (κ1) is 19.2. The van der Waals surface area contributed by atoms with Crippen LogP contribution < -0.4 is 10.1 Å². The zero-order valence-corrected chi connectivity index (χ0v) is 14.7. The highest BCUT2D eigenvalue weighted by atomic mass is 16.5. The Morgan fingerprint density at radius 3 is 2.80 bits per heavy atom. The molecule has 138 valence electrons. The van der Waals surface area contributed by atoms with Crippen molar-refractivity contribution in [1.82, 2.24) is 5.32 Å². The lowest BCUT2D eigenvalue weighted by Crippen LogP contribution is -2.39. The van der Waals surface area contributed by atoms with E-state index in [4.69, 9.17) is 9.47 Å². The van der Waals surface area contributed by atoms with Gasteiger partial charge in [0.15, 0.2) is 0 Å². The van der Waals surface area contributed by atoms with E-state index in [0.29, 0.717) is 19.8 Å². The summed E-state index contributed by atoms with van der Waals surface area (Å²) in [5.41, 5.74) is 0.851. The van der Waals surface area contributed by atoms with Crippen LogP contribution in [-0.4, -0.2) is 43.3 Å². The fourth-order valence-corrected chi connectivity index (χ4v) is 3.01. The predicted octanol–water partition coefficient (Wildman–Crippen LogP) is 2.26. The topological polar surface area (TPSA) is 84.9 Å². The highest BCUT2D eigenvalue weighted by Crippen LogP contribution is 2.23. The summed E-state index contributed by atoms with van der Waals surface area (Å²) in [5.74, 6) is -0.796. The van der Waals surface area contributed by atoms with Crippen LogP contribution >= 0.6 is 0 Å². The third kappa shape index (κ3) is 6.38. The largest absolute Gasteiger partial charge is 0.494 e. The minimum Gasteiger partial charge on any atom is -0.494 e. The molecule has 1 aliphatic rings. The zero-order chi connectivity index (χ0) is 18.1. The number of hydrogen-bond acceptors (Lipinski definition) is 4. The van der Waals surface area contributed by atoms with Gasteiger partial charge in [0.25, 0.3) is 0 Å². The van der Waals surface area contributed by atoms with E-state index in [1.165, 1.54) is 0 Å². The third-order valence-corrected chi connectivity index (χ3v) is 4.41. The monoisotopic (exact) mass is 349 g/mol. The van der Waals surface area contributed by atoms with Crippen LogP contribution in [0.15, 0.2) is 24.3 Å². The number of amides is 1. The molecule has 1 heterocycles. The van der Waals surface area contributed by atoms with Crippen LogP contribution in [0.5, 0.6) is 5.75 Å². The fourth-order valence-electron chi connectivity index (χ4n) is 3.01. The van der Waals surface area contributed by atoms with E-state index in [9.17, 15) is 14.7 Å². The van der Waals surface area contributed by atoms with Crippen LogP contribution in [0.3, 0.4) is 0 Å².